The quantitative estimate of drug-likeness (QED) is 0.362. The van der Waals surface area contributed by atoms with Crippen molar-refractivity contribution in [2.24, 2.45) is 17.3 Å². The van der Waals surface area contributed by atoms with Crippen molar-refractivity contribution in [1.82, 2.24) is 9.97 Å². The summed E-state index contributed by atoms with van der Waals surface area (Å²) >= 11 is 1.39. The molecule has 30 heavy (non-hydrogen) atoms. The second-order valence-corrected chi connectivity index (χ2v) is 7.65. The molecular weight excluding hydrogens is 400 g/mol. The summed E-state index contributed by atoms with van der Waals surface area (Å²) in [7, 11) is 1.85. The molecule has 0 saturated carbocycles. The van der Waals surface area contributed by atoms with Gasteiger partial charge in [0.2, 0.25) is 0 Å². The van der Waals surface area contributed by atoms with Gasteiger partial charge in [-0.3, -0.25) is 0 Å². The van der Waals surface area contributed by atoms with Crippen molar-refractivity contribution in [2.75, 3.05) is 18.0 Å². The molecule has 0 aliphatic carbocycles. The van der Waals surface area contributed by atoms with Gasteiger partial charge in [0, 0.05) is 23.9 Å². The largest absolute Gasteiger partial charge is 0.478 e. The van der Waals surface area contributed by atoms with Gasteiger partial charge in [0.1, 0.15) is 11.2 Å². The van der Waals surface area contributed by atoms with E-state index < -0.39 is 5.97 Å². The van der Waals surface area contributed by atoms with Gasteiger partial charge in [-0.15, -0.1) is 0 Å². The van der Waals surface area contributed by atoms with Crippen LogP contribution in [0.4, 0.5) is 16.5 Å². The van der Waals surface area contributed by atoms with Gasteiger partial charge < -0.3 is 10.0 Å². The molecule has 0 radical (unpaired) electrons. The molecule has 1 N–H and O–H groups in total. The molecule has 0 saturated heterocycles. The van der Waals surface area contributed by atoms with Crippen LogP contribution < -0.4 is 9.47 Å². The van der Waals surface area contributed by atoms with Gasteiger partial charge in [-0.05, 0) is 67.6 Å². The van der Waals surface area contributed by atoms with Crippen molar-refractivity contribution in [3.05, 3.63) is 48.0 Å². The van der Waals surface area contributed by atoms with E-state index in [0.29, 0.717) is 21.8 Å². The van der Waals surface area contributed by atoms with Crippen molar-refractivity contribution >= 4 is 55.3 Å². The third-order valence-electron chi connectivity index (χ3n) is 4.88. The van der Waals surface area contributed by atoms with E-state index in [1.807, 2.05) is 35.9 Å². The average Bonchev–Trinajstić information content (AvgIpc) is 3.06. The van der Waals surface area contributed by atoms with Crippen LogP contribution in [0, 0.1) is 0 Å². The minimum Gasteiger partial charge on any atom is -0.478 e. The third kappa shape index (κ3) is 3.71. The number of rotatable bonds is 6. The van der Waals surface area contributed by atoms with E-state index in [-0.39, 0.29) is 5.56 Å². The molecule has 0 bridgehead atoms. The lowest BCUT2D eigenvalue weighted by Gasteiger charge is -2.20. The zero-order chi connectivity index (χ0) is 21.3. The highest BCUT2D eigenvalue weighted by Gasteiger charge is 2.19. The van der Waals surface area contributed by atoms with Crippen molar-refractivity contribution in [3.63, 3.8) is 0 Å². The summed E-state index contributed by atoms with van der Waals surface area (Å²) in [5.41, 5.74) is 3.92. The number of fused-ring (bicyclic) bond motifs is 2. The first-order valence-corrected chi connectivity index (χ1v) is 10.4. The number of carbonyl (C=O) groups is 1. The number of carboxylic acids is 1. The molecule has 9 heteroatoms. The van der Waals surface area contributed by atoms with Gasteiger partial charge in [0.25, 0.3) is 0 Å². The number of thiazole rings is 1. The molecule has 0 amide bonds. The van der Waals surface area contributed by atoms with Crippen molar-refractivity contribution in [1.29, 1.82) is 0 Å². The second-order valence-electron chi connectivity index (χ2n) is 6.69. The first-order valence-electron chi connectivity index (χ1n) is 9.60. The Morgan fingerprint density at radius 3 is 2.47 bits per heavy atom. The summed E-state index contributed by atoms with van der Waals surface area (Å²) in [6.45, 7) is 6.17. The summed E-state index contributed by atoms with van der Waals surface area (Å²) in [6.07, 6.45) is 0. The van der Waals surface area contributed by atoms with Crippen molar-refractivity contribution < 1.29 is 14.5 Å². The molecule has 4 aromatic rings. The lowest BCUT2D eigenvalue weighted by molar-refractivity contribution is -0.629. The molecule has 2 heterocycles. The summed E-state index contributed by atoms with van der Waals surface area (Å²) in [5, 5.41) is 18.6. The molecule has 2 aromatic heterocycles. The topological polar surface area (TPSA) is 94.9 Å². The van der Waals surface area contributed by atoms with E-state index in [0.717, 1.165) is 29.3 Å². The Kier molecular flexibility index (Phi) is 5.37. The van der Waals surface area contributed by atoms with E-state index in [1.165, 1.54) is 23.5 Å². The van der Waals surface area contributed by atoms with Crippen molar-refractivity contribution in [2.45, 2.75) is 13.8 Å². The maximum atomic E-state index is 11.2. The molecule has 0 aliphatic rings. The molecule has 152 valence electrons. The van der Waals surface area contributed by atoms with E-state index in [9.17, 15) is 9.90 Å². The van der Waals surface area contributed by atoms with Gasteiger partial charge in [0.15, 0.2) is 10.3 Å². The van der Waals surface area contributed by atoms with Crippen LogP contribution in [0.3, 0.4) is 0 Å². The Morgan fingerprint density at radius 2 is 1.80 bits per heavy atom. The highest BCUT2D eigenvalue weighted by Crippen LogP contribution is 2.28. The lowest BCUT2D eigenvalue weighted by atomic mass is 10.2. The maximum absolute atomic E-state index is 11.2. The first-order chi connectivity index (χ1) is 14.5. The predicted octanol–water partition coefficient (Wildman–Crippen LogP) is 4.63. The monoisotopic (exact) mass is 421 g/mol. The van der Waals surface area contributed by atoms with Crippen LogP contribution in [0.25, 0.3) is 21.5 Å². The number of hydrogen-bond acceptors (Lipinski definition) is 7. The number of nitrogens with zero attached hydrogens (tertiary/aromatic N) is 6. The van der Waals surface area contributed by atoms with Gasteiger partial charge in [-0.2, -0.15) is 0 Å². The highest BCUT2D eigenvalue weighted by atomic mass is 32.1. The number of hydrogen-bond donors (Lipinski definition) is 1. The fourth-order valence-corrected chi connectivity index (χ4v) is 4.10. The Bertz CT molecular complexity index is 1260. The number of aromatic nitrogens is 3. The maximum Gasteiger partial charge on any atom is 0.347 e. The van der Waals surface area contributed by atoms with Crippen LogP contribution >= 0.6 is 11.3 Å². The molecular formula is C21H21N6O2S+. The summed E-state index contributed by atoms with van der Waals surface area (Å²) in [6, 6.07) is 12.7. The minimum absolute atomic E-state index is 0.183. The Balaban J connectivity index is 1.66. The molecule has 0 fully saturated rings. The van der Waals surface area contributed by atoms with Crippen LogP contribution in [0.5, 0.6) is 0 Å². The number of azo groups is 1. The van der Waals surface area contributed by atoms with E-state index in [1.54, 1.807) is 6.07 Å². The number of aromatic carboxylic acids is 1. The van der Waals surface area contributed by atoms with Crippen molar-refractivity contribution in [3.8, 4) is 0 Å². The van der Waals surface area contributed by atoms with Crippen LogP contribution in [-0.4, -0.2) is 34.1 Å². The Labute approximate surface area is 177 Å². The number of benzene rings is 2. The van der Waals surface area contributed by atoms with Gasteiger partial charge >= 0.3 is 16.7 Å². The molecule has 0 spiro atoms. The Morgan fingerprint density at radius 1 is 1.07 bits per heavy atom. The van der Waals surface area contributed by atoms with E-state index in [2.05, 4.69) is 38.9 Å². The molecule has 0 aliphatic heterocycles. The summed E-state index contributed by atoms with van der Waals surface area (Å²) in [4.78, 5) is 23.4. The SMILES string of the molecule is CCN(CC)c1ccc(N=Nc2sc3nc4ccc(C(=O)O)cc4nc3[n+]2C)cc1. The van der Waals surface area contributed by atoms with Gasteiger partial charge in [0.05, 0.1) is 12.6 Å². The normalized spacial score (nSPS) is 11.6. The van der Waals surface area contributed by atoms with Gasteiger partial charge in [-0.25, -0.2) is 14.3 Å². The fourth-order valence-electron chi connectivity index (χ4n) is 3.20. The summed E-state index contributed by atoms with van der Waals surface area (Å²) < 4.78 is 1.81. The molecule has 0 unspecified atom stereocenters. The minimum atomic E-state index is -0.991. The lowest BCUT2D eigenvalue weighted by Crippen LogP contribution is -2.26. The molecule has 4 rings (SSSR count). The van der Waals surface area contributed by atoms with E-state index >= 15 is 0 Å². The smallest absolute Gasteiger partial charge is 0.347 e. The standard InChI is InChI=1S/C21H20N6O2S/c1-4-27(5-2)15-9-7-14(8-10-15)24-25-21-26(3)18-19(30-21)23-16-11-6-13(20(28)29)12-17(16)22-18/h6-12H,4-5H2,1-3H3/p+1. The number of anilines is 1. The molecule has 0 atom stereocenters. The second kappa shape index (κ2) is 8.11. The first kappa shape index (κ1) is 19.8. The Hall–Kier alpha value is -3.46. The van der Waals surface area contributed by atoms with E-state index in [4.69, 9.17) is 0 Å². The fraction of sp³-hybridized carbons (Fsp3) is 0.238. The number of aryl methyl sites for hydroxylation is 1. The molecule has 8 nitrogen and oxygen atoms in total. The summed E-state index contributed by atoms with van der Waals surface area (Å²) in [5.74, 6) is -0.991. The zero-order valence-electron chi connectivity index (χ0n) is 16.9. The third-order valence-corrected chi connectivity index (χ3v) is 5.89. The molecule has 2 aromatic carbocycles. The van der Waals surface area contributed by atoms with Crippen LogP contribution in [0.1, 0.15) is 24.2 Å². The van der Waals surface area contributed by atoms with Crippen LogP contribution in [0.15, 0.2) is 52.7 Å². The zero-order valence-corrected chi connectivity index (χ0v) is 17.7. The highest BCUT2D eigenvalue weighted by molar-refractivity contribution is 7.20. The predicted molar refractivity (Wildman–Crippen MR) is 117 cm³/mol. The average molecular weight is 422 g/mol. The van der Waals surface area contributed by atoms with Gasteiger partial charge in [-0.1, -0.05) is 10.1 Å². The van der Waals surface area contributed by atoms with Crippen LogP contribution in [0.2, 0.25) is 0 Å². The number of carboxylic acid groups (broad SMARTS) is 1. The van der Waals surface area contributed by atoms with Crippen LogP contribution in [-0.2, 0) is 7.05 Å².